The second-order valence-electron chi connectivity index (χ2n) is 3.59. The largest absolute Gasteiger partial charge is 0.250 e. The minimum Gasteiger partial charge on any atom is -0.250 e. The summed E-state index contributed by atoms with van der Waals surface area (Å²) in [5.41, 5.74) is 1.04. The Morgan fingerprint density at radius 2 is 2.00 bits per heavy atom. The van der Waals surface area contributed by atoms with Gasteiger partial charge in [0.25, 0.3) is 0 Å². The topological polar surface area (TPSA) is 12.9 Å². The van der Waals surface area contributed by atoms with Crippen LogP contribution in [0, 0.1) is 0 Å². The normalized spacial score (nSPS) is 12.4. The van der Waals surface area contributed by atoms with Crippen LogP contribution in [0.1, 0.15) is 17.7 Å². The third kappa shape index (κ3) is 3.38. The smallest absolute Gasteiger partial charge is 0.0965 e. The molecule has 17 heavy (non-hydrogen) atoms. The number of rotatable bonds is 3. The van der Waals surface area contributed by atoms with Crippen LogP contribution in [0.2, 0.25) is 10.0 Å². The third-order valence-electron chi connectivity index (χ3n) is 2.33. The standard InChI is InChI=1S/C13H11Cl2NS/c1-9(17-13-4-2-3-7-16-13)11-8-10(14)5-6-12(11)15/h2-9H,1H3. The van der Waals surface area contributed by atoms with Gasteiger partial charge in [-0.15, -0.1) is 0 Å². The Morgan fingerprint density at radius 3 is 2.71 bits per heavy atom. The number of nitrogens with zero attached hydrogens (tertiary/aromatic N) is 1. The van der Waals surface area contributed by atoms with Crippen LogP contribution in [0.3, 0.4) is 0 Å². The molecule has 1 aromatic heterocycles. The molecule has 0 amide bonds. The van der Waals surface area contributed by atoms with Crippen molar-refractivity contribution in [3.63, 3.8) is 0 Å². The van der Waals surface area contributed by atoms with Crippen LogP contribution in [-0.4, -0.2) is 4.98 Å². The summed E-state index contributed by atoms with van der Waals surface area (Å²) >= 11 is 13.8. The summed E-state index contributed by atoms with van der Waals surface area (Å²) in [5, 5.41) is 2.65. The molecule has 1 atom stereocenters. The fourth-order valence-electron chi connectivity index (χ4n) is 1.49. The molecule has 0 aliphatic heterocycles. The number of hydrogen-bond donors (Lipinski definition) is 0. The molecule has 1 unspecified atom stereocenters. The Bertz CT molecular complexity index is 502. The van der Waals surface area contributed by atoms with Crippen molar-refractivity contribution in [2.24, 2.45) is 0 Å². The van der Waals surface area contributed by atoms with Crippen LogP contribution in [0.15, 0.2) is 47.6 Å². The molecule has 0 N–H and O–H groups in total. The molecule has 4 heteroatoms. The van der Waals surface area contributed by atoms with E-state index in [1.807, 2.05) is 30.3 Å². The van der Waals surface area contributed by atoms with Gasteiger partial charge in [-0.2, -0.15) is 0 Å². The van der Waals surface area contributed by atoms with Crippen molar-refractivity contribution in [1.82, 2.24) is 4.98 Å². The predicted octanol–water partition coefficient (Wildman–Crippen LogP) is 5.24. The molecule has 2 aromatic rings. The zero-order valence-electron chi connectivity index (χ0n) is 9.23. The van der Waals surface area contributed by atoms with Crippen LogP contribution in [-0.2, 0) is 0 Å². The van der Waals surface area contributed by atoms with E-state index in [4.69, 9.17) is 23.2 Å². The maximum Gasteiger partial charge on any atom is 0.0965 e. The summed E-state index contributed by atoms with van der Waals surface area (Å²) < 4.78 is 0. The van der Waals surface area contributed by atoms with Crippen molar-refractivity contribution in [3.8, 4) is 0 Å². The van der Waals surface area contributed by atoms with Gasteiger partial charge in [-0.25, -0.2) is 4.98 Å². The molecule has 1 aromatic carbocycles. The lowest BCUT2D eigenvalue weighted by Gasteiger charge is -2.13. The quantitative estimate of drug-likeness (QED) is 0.715. The highest BCUT2D eigenvalue weighted by molar-refractivity contribution is 7.99. The highest BCUT2D eigenvalue weighted by Gasteiger charge is 2.12. The molecule has 0 radical (unpaired) electrons. The monoisotopic (exact) mass is 283 g/mol. The first-order valence-corrected chi connectivity index (χ1v) is 6.83. The molecular weight excluding hydrogens is 273 g/mol. The predicted molar refractivity (Wildman–Crippen MR) is 75.0 cm³/mol. The van der Waals surface area contributed by atoms with Crippen LogP contribution in [0.5, 0.6) is 0 Å². The van der Waals surface area contributed by atoms with Crippen LogP contribution >= 0.6 is 35.0 Å². The Labute approximate surface area is 115 Å². The van der Waals surface area contributed by atoms with E-state index < -0.39 is 0 Å². The SMILES string of the molecule is CC(Sc1ccccn1)c1cc(Cl)ccc1Cl. The highest BCUT2D eigenvalue weighted by atomic mass is 35.5. The lowest BCUT2D eigenvalue weighted by Crippen LogP contribution is -1.91. The summed E-state index contributed by atoms with van der Waals surface area (Å²) in [7, 11) is 0. The molecule has 0 saturated heterocycles. The maximum absolute atomic E-state index is 6.16. The Balaban J connectivity index is 2.20. The average molecular weight is 284 g/mol. The molecule has 0 saturated carbocycles. The first-order chi connectivity index (χ1) is 8.16. The molecule has 0 fully saturated rings. The molecule has 0 aliphatic rings. The van der Waals surface area contributed by atoms with Gasteiger partial charge >= 0.3 is 0 Å². The Morgan fingerprint density at radius 1 is 1.18 bits per heavy atom. The number of halogens is 2. The lowest BCUT2D eigenvalue weighted by atomic mass is 10.2. The van der Waals surface area contributed by atoms with Crippen LogP contribution < -0.4 is 0 Å². The van der Waals surface area contributed by atoms with Gasteiger partial charge < -0.3 is 0 Å². The Hall–Kier alpha value is -0.700. The van der Waals surface area contributed by atoms with Crippen molar-refractivity contribution in [3.05, 3.63) is 58.2 Å². The van der Waals surface area contributed by atoms with Crippen LogP contribution in [0.25, 0.3) is 0 Å². The van der Waals surface area contributed by atoms with E-state index in [-0.39, 0.29) is 5.25 Å². The van der Waals surface area contributed by atoms with Gasteiger partial charge in [-0.05, 0) is 42.8 Å². The lowest BCUT2D eigenvalue weighted by molar-refractivity contribution is 1.06. The summed E-state index contributed by atoms with van der Waals surface area (Å²) in [4.78, 5) is 4.28. The minimum absolute atomic E-state index is 0.219. The van der Waals surface area contributed by atoms with Gasteiger partial charge in [-0.1, -0.05) is 41.0 Å². The van der Waals surface area contributed by atoms with Gasteiger partial charge in [0.1, 0.15) is 0 Å². The number of thioether (sulfide) groups is 1. The fourth-order valence-corrected chi connectivity index (χ4v) is 2.98. The van der Waals surface area contributed by atoms with Gasteiger partial charge in [0.2, 0.25) is 0 Å². The highest BCUT2D eigenvalue weighted by Crippen LogP contribution is 2.37. The summed E-state index contributed by atoms with van der Waals surface area (Å²) in [6, 6.07) is 11.4. The van der Waals surface area contributed by atoms with Gasteiger partial charge in [0.15, 0.2) is 0 Å². The average Bonchev–Trinajstić information content (AvgIpc) is 2.33. The van der Waals surface area contributed by atoms with E-state index >= 15 is 0 Å². The van der Waals surface area contributed by atoms with Crippen molar-refractivity contribution in [1.29, 1.82) is 0 Å². The molecule has 0 spiro atoms. The second-order valence-corrected chi connectivity index (χ2v) is 5.80. The zero-order chi connectivity index (χ0) is 12.3. The Kier molecular flexibility index (Phi) is 4.32. The number of hydrogen-bond acceptors (Lipinski definition) is 2. The molecule has 1 heterocycles. The van der Waals surface area contributed by atoms with Crippen molar-refractivity contribution in [2.75, 3.05) is 0 Å². The van der Waals surface area contributed by atoms with E-state index in [2.05, 4.69) is 11.9 Å². The fraction of sp³-hybridized carbons (Fsp3) is 0.154. The first-order valence-electron chi connectivity index (χ1n) is 5.19. The zero-order valence-corrected chi connectivity index (χ0v) is 11.6. The minimum atomic E-state index is 0.219. The van der Waals surface area contributed by atoms with Gasteiger partial charge in [0, 0.05) is 21.5 Å². The molecule has 0 aliphatic carbocycles. The van der Waals surface area contributed by atoms with Crippen molar-refractivity contribution in [2.45, 2.75) is 17.2 Å². The number of aromatic nitrogens is 1. The molecular formula is C13H11Cl2NS. The van der Waals surface area contributed by atoms with Gasteiger partial charge in [0.05, 0.1) is 5.03 Å². The van der Waals surface area contributed by atoms with E-state index in [0.717, 1.165) is 15.6 Å². The summed E-state index contributed by atoms with van der Waals surface area (Å²) in [6.45, 7) is 2.09. The van der Waals surface area contributed by atoms with Crippen LogP contribution in [0.4, 0.5) is 0 Å². The van der Waals surface area contributed by atoms with E-state index in [1.165, 1.54) is 0 Å². The molecule has 2 rings (SSSR count). The molecule has 88 valence electrons. The first kappa shape index (κ1) is 12.7. The van der Waals surface area contributed by atoms with E-state index in [9.17, 15) is 0 Å². The summed E-state index contributed by atoms with van der Waals surface area (Å²) in [6.07, 6.45) is 1.79. The number of benzene rings is 1. The van der Waals surface area contributed by atoms with Crippen molar-refractivity contribution >= 4 is 35.0 Å². The van der Waals surface area contributed by atoms with Crippen molar-refractivity contribution < 1.29 is 0 Å². The number of pyridine rings is 1. The van der Waals surface area contributed by atoms with Gasteiger partial charge in [-0.3, -0.25) is 0 Å². The summed E-state index contributed by atoms with van der Waals surface area (Å²) in [5.74, 6) is 0. The molecule has 1 nitrogen and oxygen atoms in total. The third-order valence-corrected chi connectivity index (χ3v) is 4.00. The molecule has 0 bridgehead atoms. The van der Waals surface area contributed by atoms with E-state index in [1.54, 1.807) is 24.0 Å². The second kappa shape index (κ2) is 5.76. The van der Waals surface area contributed by atoms with E-state index in [0.29, 0.717) is 5.02 Å². The maximum atomic E-state index is 6.16.